The van der Waals surface area contributed by atoms with Crippen molar-refractivity contribution in [2.75, 3.05) is 5.32 Å². The number of benzene rings is 2. The third-order valence-corrected chi connectivity index (χ3v) is 3.53. The Labute approximate surface area is 140 Å². The first kappa shape index (κ1) is 15.8. The standard InChI is InChI=1S/C19H19N3O2/c1-13-5-3-6-15(9-13)12-24-17-8-4-7-16(11-17)19(23)20-18-10-14(2)21-22-18/h3-11H,12H2,1-2H3,(H2,20,21,22,23). The van der Waals surface area contributed by atoms with Crippen molar-refractivity contribution in [3.63, 3.8) is 0 Å². The Bertz CT molecular complexity index is 855. The summed E-state index contributed by atoms with van der Waals surface area (Å²) < 4.78 is 5.79. The van der Waals surface area contributed by atoms with Crippen molar-refractivity contribution in [1.29, 1.82) is 0 Å². The average Bonchev–Trinajstić information content (AvgIpc) is 2.98. The summed E-state index contributed by atoms with van der Waals surface area (Å²) in [7, 11) is 0. The topological polar surface area (TPSA) is 67.0 Å². The molecule has 2 N–H and O–H groups in total. The van der Waals surface area contributed by atoms with Gasteiger partial charge in [0.25, 0.3) is 5.91 Å². The molecule has 2 aromatic carbocycles. The molecule has 24 heavy (non-hydrogen) atoms. The fraction of sp³-hybridized carbons (Fsp3) is 0.158. The van der Waals surface area contributed by atoms with Crippen LogP contribution in [0.1, 0.15) is 27.2 Å². The predicted octanol–water partition coefficient (Wildman–Crippen LogP) is 3.86. The number of carbonyl (C=O) groups excluding carboxylic acids is 1. The number of ether oxygens (including phenoxy) is 1. The lowest BCUT2D eigenvalue weighted by Crippen LogP contribution is -2.12. The number of aromatic amines is 1. The molecule has 3 rings (SSSR count). The number of anilines is 1. The van der Waals surface area contributed by atoms with Crippen LogP contribution in [0.25, 0.3) is 0 Å². The maximum Gasteiger partial charge on any atom is 0.256 e. The Morgan fingerprint density at radius 1 is 1.12 bits per heavy atom. The molecule has 0 atom stereocenters. The molecule has 0 aliphatic heterocycles. The van der Waals surface area contributed by atoms with Gasteiger partial charge < -0.3 is 10.1 Å². The molecule has 0 spiro atoms. The van der Waals surface area contributed by atoms with E-state index >= 15 is 0 Å². The second-order valence-corrected chi connectivity index (χ2v) is 5.70. The highest BCUT2D eigenvalue weighted by molar-refractivity contribution is 6.04. The summed E-state index contributed by atoms with van der Waals surface area (Å²) in [6, 6.07) is 17.0. The van der Waals surface area contributed by atoms with E-state index in [1.165, 1.54) is 5.56 Å². The van der Waals surface area contributed by atoms with Crippen molar-refractivity contribution >= 4 is 11.7 Å². The summed E-state index contributed by atoms with van der Waals surface area (Å²) in [5.41, 5.74) is 3.70. The number of aromatic nitrogens is 2. The van der Waals surface area contributed by atoms with Gasteiger partial charge in [-0.15, -0.1) is 0 Å². The van der Waals surface area contributed by atoms with Gasteiger partial charge >= 0.3 is 0 Å². The Kier molecular flexibility index (Phi) is 4.61. The first-order valence-corrected chi connectivity index (χ1v) is 7.72. The van der Waals surface area contributed by atoms with Gasteiger partial charge in [0.1, 0.15) is 12.4 Å². The molecule has 0 bridgehead atoms. The minimum absolute atomic E-state index is 0.220. The van der Waals surface area contributed by atoms with E-state index in [2.05, 4.69) is 21.6 Å². The summed E-state index contributed by atoms with van der Waals surface area (Å²) in [5, 5.41) is 9.54. The highest BCUT2D eigenvalue weighted by Crippen LogP contribution is 2.17. The maximum atomic E-state index is 12.3. The van der Waals surface area contributed by atoms with Crippen LogP contribution in [0.2, 0.25) is 0 Å². The SMILES string of the molecule is Cc1cccc(COc2cccc(C(=O)Nc3cc(C)[nH]n3)c2)c1. The van der Waals surface area contributed by atoms with Crippen molar-refractivity contribution in [3.05, 3.63) is 77.0 Å². The van der Waals surface area contributed by atoms with Crippen LogP contribution < -0.4 is 10.1 Å². The van der Waals surface area contributed by atoms with E-state index in [1.807, 2.05) is 38.1 Å². The largest absolute Gasteiger partial charge is 0.489 e. The fourth-order valence-electron chi connectivity index (χ4n) is 2.37. The van der Waals surface area contributed by atoms with Gasteiger partial charge in [-0.1, -0.05) is 35.9 Å². The number of aryl methyl sites for hydroxylation is 2. The summed E-state index contributed by atoms with van der Waals surface area (Å²) in [6.45, 7) is 4.39. The molecule has 5 nitrogen and oxygen atoms in total. The van der Waals surface area contributed by atoms with Crippen LogP contribution >= 0.6 is 0 Å². The molecule has 1 heterocycles. The zero-order valence-corrected chi connectivity index (χ0v) is 13.7. The molecular weight excluding hydrogens is 302 g/mol. The van der Waals surface area contributed by atoms with E-state index in [4.69, 9.17) is 4.74 Å². The van der Waals surface area contributed by atoms with Crippen LogP contribution in [0.4, 0.5) is 5.82 Å². The summed E-state index contributed by atoms with van der Waals surface area (Å²) in [5.74, 6) is 0.938. The zero-order valence-electron chi connectivity index (χ0n) is 13.7. The Hall–Kier alpha value is -3.08. The van der Waals surface area contributed by atoms with Gasteiger partial charge in [0.15, 0.2) is 5.82 Å². The fourth-order valence-corrected chi connectivity index (χ4v) is 2.37. The second-order valence-electron chi connectivity index (χ2n) is 5.70. The third kappa shape index (κ3) is 4.01. The molecule has 0 saturated heterocycles. The van der Waals surface area contributed by atoms with Crippen molar-refractivity contribution in [2.24, 2.45) is 0 Å². The molecular formula is C19H19N3O2. The molecule has 3 aromatic rings. The minimum Gasteiger partial charge on any atom is -0.489 e. The molecule has 1 amide bonds. The molecule has 0 unspecified atom stereocenters. The number of hydrogen-bond donors (Lipinski definition) is 2. The summed E-state index contributed by atoms with van der Waals surface area (Å²) >= 11 is 0. The number of nitrogens with one attached hydrogen (secondary N) is 2. The van der Waals surface area contributed by atoms with Crippen LogP contribution in [-0.4, -0.2) is 16.1 Å². The van der Waals surface area contributed by atoms with Crippen molar-refractivity contribution < 1.29 is 9.53 Å². The number of carbonyl (C=O) groups is 1. The van der Waals surface area contributed by atoms with Crippen molar-refractivity contribution in [3.8, 4) is 5.75 Å². The van der Waals surface area contributed by atoms with Crippen LogP contribution in [0.3, 0.4) is 0 Å². The molecule has 0 aliphatic carbocycles. The molecule has 122 valence electrons. The second kappa shape index (κ2) is 7.00. The van der Waals surface area contributed by atoms with E-state index in [-0.39, 0.29) is 5.91 Å². The van der Waals surface area contributed by atoms with E-state index in [1.54, 1.807) is 24.3 Å². The van der Waals surface area contributed by atoms with E-state index in [9.17, 15) is 4.79 Å². The summed E-state index contributed by atoms with van der Waals surface area (Å²) in [6.07, 6.45) is 0. The average molecular weight is 321 g/mol. The first-order valence-electron chi connectivity index (χ1n) is 7.72. The Balaban J connectivity index is 1.66. The van der Waals surface area contributed by atoms with Crippen molar-refractivity contribution in [2.45, 2.75) is 20.5 Å². The third-order valence-electron chi connectivity index (χ3n) is 3.53. The lowest BCUT2D eigenvalue weighted by Gasteiger charge is -2.08. The van der Waals surface area contributed by atoms with E-state index < -0.39 is 0 Å². The molecule has 1 aromatic heterocycles. The highest BCUT2D eigenvalue weighted by Gasteiger charge is 2.09. The van der Waals surface area contributed by atoms with Gasteiger partial charge in [0.05, 0.1) is 0 Å². The Morgan fingerprint density at radius 2 is 1.96 bits per heavy atom. The van der Waals surface area contributed by atoms with E-state index in [0.29, 0.717) is 23.7 Å². The first-order chi connectivity index (χ1) is 11.6. The van der Waals surface area contributed by atoms with Crippen LogP contribution in [0.15, 0.2) is 54.6 Å². The number of nitrogens with zero attached hydrogens (tertiary/aromatic N) is 1. The molecule has 0 saturated carbocycles. The normalized spacial score (nSPS) is 10.4. The van der Waals surface area contributed by atoms with Gasteiger partial charge in [0.2, 0.25) is 0 Å². The lowest BCUT2D eigenvalue weighted by molar-refractivity contribution is 0.102. The lowest BCUT2D eigenvalue weighted by atomic mass is 10.1. The summed E-state index contributed by atoms with van der Waals surface area (Å²) in [4.78, 5) is 12.3. The molecule has 0 fully saturated rings. The number of H-pyrrole nitrogens is 1. The van der Waals surface area contributed by atoms with Gasteiger partial charge in [0, 0.05) is 17.3 Å². The predicted molar refractivity (Wildman–Crippen MR) is 93.2 cm³/mol. The molecule has 0 aliphatic rings. The van der Waals surface area contributed by atoms with Crippen molar-refractivity contribution in [1.82, 2.24) is 10.2 Å². The zero-order chi connectivity index (χ0) is 16.9. The van der Waals surface area contributed by atoms with Gasteiger partial charge in [-0.25, -0.2) is 0 Å². The smallest absolute Gasteiger partial charge is 0.256 e. The number of rotatable bonds is 5. The van der Waals surface area contributed by atoms with Gasteiger partial charge in [-0.2, -0.15) is 5.10 Å². The quantitative estimate of drug-likeness (QED) is 0.750. The highest BCUT2D eigenvalue weighted by atomic mass is 16.5. The van der Waals surface area contributed by atoms with Crippen LogP contribution in [-0.2, 0) is 6.61 Å². The molecule has 5 heteroatoms. The van der Waals surface area contributed by atoms with Gasteiger partial charge in [-0.05, 0) is 37.6 Å². The van der Waals surface area contributed by atoms with Crippen LogP contribution in [0.5, 0.6) is 5.75 Å². The van der Waals surface area contributed by atoms with Gasteiger partial charge in [-0.3, -0.25) is 9.89 Å². The van der Waals surface area contributed by atoms with Crippen LogP contribution in [0, 0.1) is 13.8 Å². The number of amides is 1. The maximum absolute atomic E-state index is 12.3. The Morgan fingerprint density at radius 3 is 2.71 bits per heavy atom. The molecule has 0 radical (unpaired) electrons. The van der Waals surface area contributed by atoms with E-state index in [0.717, 1.165) is 11.3 Å². The number of hydrogen-bond acceptors (Lipinski definition) is 3. The monoisotopic (exact) mass is 321 g/mol. The minimum atomic E-state index is -0.220.